The average Bonchev–Trinajstić information content (AvgIpc) is 2.74. The molecule has 0 spiro atoms. The first-order valence-electron chi connectivity index (χ1n) is 9.65. The fourth-order valence-electron chi connectivity index (χ4n) is 3.31. The molecule has 1 aliphatic heterocycles. The van der Waals surface area contributed by atoms with E-state index in [4.69, 9.17) is 27.9 Å². The molecule has 0 aromatic heterocycles. The van der Waals surface area contributed by atoms with Crippen LogP contribution in [0.25, 0.3) is 0 Å². The van der Waals surface area contributed by atoms with Gasteiger partial charge < -0.3 is 15.0 Å². The zero-order valence-corrected chi connectivity index (χ0v) is 17.8. The second kappa shape index (κ2) is 9.99. The number of halogens is 2. The van der Waals surface area contributed by atoms with Gasteiger partial charge in [0.05, 0.1) is 22.5 Å². The van der Waals surface area contributed by atoms with Crippen LogP contribution in [0.4, 0.5) is 0 Å². The van der Waals surface area contributed by atoms with E-state index in [0.29, 0.717) is 41.8 Å². The van der Waals surface area contributed by atoms with E-state index in [1.54, 1.807) is 23.1 Å². The maximum absolute atomic E-state index is 12.7. The van der Waals surface area contributed by atoms with Gasteiger partial charge in [0.15, 0.2) is 0 Å². The highest BCUT2D eigenvalue weighted by atomic mass is 35.5. The molecule has 1 unspecified atom stereocenters. The zero-order chi connectivity index (χ0) is 20.8. The van der Waals surface area contributed by atoms with Crippen molar-refractivity contribution in [3.8, 4) is 5.75 Å². The van der Waals surface area contributed by atoms with Crippen molar-refractivity contribution in [3.05, 3.63) is 63.6 Å². The van der Waals surface area contributed by atoms with Crippen molar-refractivity contribution in [3.63, 3.8) is 0 Å². The summed E-state index contributed by atoms with van der Waals surface area (Å²) in [6, 6.07) is 12.6. The molecule has 2 aromatic rings. The molecule has 154 valence electrons. The van der Waals surface area contributed by atoms with E-state index >= 15 is 0 Å². The standard InChI is InChI=1S/C22H24Cl2N2O3/c1-15-4-7-18(8-5-15)29-12-10-25-21(27)17-3-2-11-26(14-17)22(28)16-6-9-19(23)20(24)13-16/h4-9,13,17H,2-3,10-12,14H2,1H3,(H,25,27). The highest BCUT2D eigenvalue weighted by molar-refractivity contribution is 6.42. The maximum Gasteiger partial charge on any atom is 0.253 e. The second-order valence-electron chi connectivity index (χ2n) is 7.17. The number of piperidine rings is 1. The van der Waals surface area contributed by atoms with E-state index in [9.17, 15) is 9.59 Å². The fraction of sp³-hybridized carbons (Fsp3) is 0.364. The summed E-state index contributed by atoms with van der Waals surface area (Å²) in [7, 11) is 0. The molecule has 1 saturated heterocycles. The van der Waals surface area contributed by atoms with Gasteiger partial charge in [-0.25, -0.2) is 0 Å². The number of aryl methyl sites for hydroxylation is 1. The average molecular weight is 435 g/mol. The molecule has 0 radical (unpaired) electrons. The van der Waals surface area contributed by atoms with Crippen molar-refractivity contribution in [1.29, 1.82) is 0 Å². The smallest absolute Gasteiger partial charge is 0.253 e. The number of carbonyl (C=O) groups excluding carboxylic acids is 2. The predicted octanol–water partition coefficient (Wildman–Crippen LogP) is 4.35. The number of ether oxygens (including phenoxy) is 1. The number of hydrogen-bond donors (Lipinski definition) is 1. The molecule has 0 aliphatic carbocycles. The Kier molecular flexibility index (Phi) is 7.40. The maximum atomic E-state index is 12.7. The molecule has 1 aliphatic rings. The monoisotopic (exact) mass is 434 g/mol. The minimum atomic E-state index is -0.227. The van der Waals surface area contributed by atoms with Gasteiger partial charge in [-0.1, -0.05) is 40.9 Å². The Hall–Kier alpha value is -2.24. The number of nitrogens with zero attached hydrogens (tertiary/aromatic N) is 1. The van der Waals surface area contributed by atoms with Crippen LogP contribution >= 0.6 is 23.2 Å². The van der Waals surface area contributed by atoms with Crippen LogP contribution in [-0.4, -0.2) is 43.0 Å². The van der Waals surface area contributed by atoms with Crippen LogP contribution in [0.3, 0.4) is 0 Å². The summed E-state index contributed by atoms with van der Waals surface area (Å²) in [6.45, 7) is 3.85. The van der Waals surface area contributed by atoms with Crippen LogP contribution in [0.2, 0.25) is 10.0 Å². The van der Waals surface area contributed by atoms with Crippen molar-refractivity contribution in [1.82, 2.24) is 10.2 Å². The number of rotatable bonds is 6. The highest BCUT2D eigenvalue weighted by Gasteiger charge is 2.29. The number of benzene rings is 2. The summed E-state index contributed by atoms with van der Waals surface area (Å²) >= 11 is 11.9. The Labute approximate surface area is 180 Å². The van der Waals surface area contributed by atoms with Gasteiger partial charge in [-0.15, -0.1) is 0 Å². The van der Waals surface area contributed by atoms with E-state index in [0.717, 1.165) is 18.6 Å². The van der Waals surface area contributed by atoms with Gasteiger partial charge in [0, 0.05) is 18.7 Å². The summed E-state index contributed by atoms with van der Waals surface area (Å²) in [5, 5.41) is 3.66. The van der Waals surface area contributed by atoms with E-state index in [2.05, 4.69) is 5.32 Å². The summed E-state index contributed by atoms with van der Waals surface area (Å²) in [4.78, 5) is 27.0. The van der Waals surface area contributed by atoms with Gasteiger partial charge in [0.25, 0.3) is 5.91 Å². The number of hydrogen-bond acceptors (Lipinski definition) is 3. The van der Waals surface area contributed by atoms with Crippen molar-refractivity contribution >= 4 is 35.0 Å². The summed E-state index contributed by atoms with van der Waals surface area (Å²) in [5.74, 6) is 0.365. The molecule has 0 saturated carbocycles. The van der Waals surface area contributed by atoms with Crippen molar-refractivity contribution in [2.45, 2.75) is 19.8 Å². The molecule has 29 heavy (non-hydrogen) atoms. The van der Waals surface area contributed by atoms with Crippen molar-refractivity contribution in [2.24, 2.45) is 5.92 Å². The first-order valence-corrected chi connectivity index (χ1v) is 10.4. The first kappa shape index (κ1) is 21.5. The molecule has 1 fully saturated rings. The molecule has 1 heterocycles. The third kappa shape index (κ3) is 5.87. The molecule has 3 rings (SSSR count). The van der Waals surface area contributed by atoms with E-state index in [1.165, 1.54) is 5.56 Å². The minimum Gasteiger partial charge on any atom is -0.492 e. The minimum absolute atomic E-state index is 0.0517. The lowest BCUT2D eigenvalue weighted by Gasteiger charge is -2.32. The lowest BCUT2D eigenvalue weighted by Crippen LogP contribution is -2.46. The van der Waals surface area contributed by atoms with Crippen molar-refractivity contribution < 1.29 is 14.3 Å². The van der Waals surface area contributed by atoms with Gasteiger partial charge in [-0.2, -0.15) is 0 Å². The zero-order valence-electron chi connectivity index (χ0n) is 16.3. The molecule has 1 atom stereocenters. The summed E-state index contributed by atoms with van der Waals surface area (Å²) in [6.07, 6.45) is 1.54. The summed E-state index contributed by atoms with van der Waals surface area (Å²) < 4.78 is 5.63. The van der Waals surface area contributed by atoms with Crippen LogP contribution in [0.15, 0.2) is 42.5 Å². The SMILES string of the molecule is Cc1ccc(OCCNC(=O)C2CCCN(C(=O)c3ccc(Cl)c(Cl)c3)C2)cc1. The number of amides is 2. The van der Waals surface area contributed by atoms with Crippen molar-refractivity contribution in [2.75, 3.05) is 26.2 Å². The molecule has 1 N–H and O–H groups in total. The number of nitrogens with one attached hydrogen (secondary N) is 1. The highest BCUT2D eigenvalue weighted by Crippen LogP contribution is 2.25. The Morgan fingerprint density at radius 1 is 1.14 bits per heavy atom. The summed E-state index contributed by atoms with van der Waals surface area (Å²) in [5.41, 5.74) is 1.65. The quantitative estimate of drug-likeness (QED) is 0.687. The molecule has 0 bridgehead atoms. The van der Waals surface area contributed by atoms with E-state index in [-0.39, 0.29) is 17.7 Å². The Balaban J connectivity index is 1.47. The Morgan fingerprint density at radius 3 is 2.62 bits per heavy atom. The third-order valence-corrected chi connectivity index (χ3v) is 5.68. The van der Waals surface area contributed by atoms with E-state index in [1.807, 2.05) is 31.2 Å². The topological polar surface area (TPSA) is 58.6 Å². The molecular weight excluding hydrogens is 411 g/mol. The van der Waals surface area contributed by atoms with Crippen LogP contribution in [-0.2, 0) is 4.79 Å². The van der Waals surface area contributed by atoms with Gasteiger partial charge in [-0.05, 0) is 50.1 Å². The molecule has 5 nitrogen and oxygen atoms in total. The van der Waals surface area contributed by atoms with Gasteiger partial charge in [-0.3, -0.25) is 9.59 Å². The number of carbonyl (C=O) groups is 2. The van der Waals surface area contributed by atoms with Gasteiger partial charge in [0.2, 0.25) is 5.91 Å². The van der Waals surface area contributed by atoms with Gasteiger partial charge in [0.1, 0.15) is 12.4 Å². The van der Waals surface area contributed by atoms with Crippen LogP contribution in [0.5, 0.6) is 5.75 Å². The van der Waals surface area contributed by atoms with Crippen LogP contribution in [0.1, 0.15) is 28.8 Å². The molecule has 2 amide bonds. The largest absolute Gasteiger partial charge is 0.492 e. The van der Waals surface area contributed by atoms with Crippen LogP contribution in [0, 0.1) is 12.8 Å². The van der Waals surface area contributed by atoms with Crippen LogP contribution < -0.4 is 10.1 Å². The fourth-order valence-corrected chi connectivity index (χ4v) is 3.61. The molecule has 2 aromatic carbocycles. The Bertz CT molecular complexity index is 871. The Morgan fingerprint density at radius 2 is 1.90 bits per heavy atom. The second-order valence-corrected chi connectivity index (χ2v) is 7.99. The molecular formula is C22H24Cl2N2O3. The van der Waals surface area contributed by atoms with E-state index < -0.39 is 0 Å². The third-order valence-electron chi connectivity index (χ3n) is 4.94. The van der Waals surface area contributed by atoms with Gasteiger partial charge >= 0.3 is 0 Å². The first-order chi connectivity index (χ1) is 13.9. The predicted molar refractivity (Wildman–Crippen MR) is 115 cm³/mol. The lowest BCUT2D eigenvalue weighted by atomic mass is 9.96. The molecule has 7 heteroatoms. The lowest BCUT2D eigenvalue weighted by molar-refractivity contribution is -0.126. The number of likely N-dealkylation sites (tertiary alicyclic amines) is 1. The normalized spacial score (nSPS) is 16.4.